The fraction of sp³-hybridized carbons (Fsp3) is 0.472. The van der Waals surface area contributed by atoms with Gasteiger partial charge in [0.05, 0.1) is 21.3 Å². The van der Waals surface area contributed by atoms with Gasteiger partial charge < -0.3 is 14.7 Å². The molecule has 64 heavy (non-hydrogen) atoms. The summed E-state index contributed by atoms with van der Waals surface area (Å²) >= 11 is 8.44. The Bertz CT molecular complexity index is 2790. The number of thiazole rings is 1. The number of carbonyl (C=O) groups excluding carboxylic acids is 3. The summed E-state index contributed by atoms with van der Waals surface area (Å²) in [6.45, 7) is 11.7. The van der Waals surface area contributed by atoms with Crippen molar-refractivity contribution in [1.29, 1.82) is 0 Å². The molecule has 10 atom stereocenters. The van der Waals surface area contributed by atoms with Crippen molar-refractivity contribution in [3.05, 3.63) is 111 Å². The van der Waals surface area contributed by atoms with Gasteiger partial charge in [-0.05, 0) is 122 Å². The predicted octanol–water partition coefficient (Wildman–Crippen LogP) is 7.59. The second kappa shape index (κ2) is 15.0. The fourth-order valence-electron chi connectivity index (χ4n) is 12.4. The molecule has 0 bridgehead atoms. The van der Waals surface area contributed by atoms with E-state index in [4.69, 9.17) is 11.6 Å². The zero-order chi connectivity index (χ0) is 44.2. The zero-order valence-corrected chi connectivity index (χ0v) is 38.3. The van der Waals surface area contributed by atoms with E-state index < -0.39 is 10.8 Å². The molecule has 324 valence electrons. The number of benzene rings is 1. The van der Waals surface area contributed by atoms with Crippen molar-refractivity contribution in [2.45, 2.75) is 59.3 Å². The number of rotatable bonds is 4. The zero-order valence-electron chi connectivity index (χ0n) is 36.7. The lowest BCUT2D eigenvalue weighted by Gasteiger charge is -2.30. The molecule has 3 amide bonds. The Labute approximate surface area is 384 Å². The third-order valence-corrected chi connectivity index (χ3v) is 16.6. The number of aryl methyl sites for hydroxylation is 1. The minimum absolute atomic E-state index is 0.0218. The van der Waals surface area contributed by atoms with Crippen molar-refractivity contribution in [1.82, 2.24) is 29.7 Å². The van der Waals surface area contributed by atoms with E-state index in [0.29, 0.717) is 72.7 Å². The number of piperidine rings is 3. The Morgan fingerprint density at radius 2 is 1.50 bits per heavy atom. The molecule has 4 aliphatic carbocycles. The molecule has 9 nitrogen and oxygen atoms in total. The van der Waals surface area contributed by atoms with E-state index in [-0.39, 0.29) is 46.3 Å². The van der Waals surface area contributed by atoms with Crippen LogP contribution in [-0.4, -0.2) is 86.6 Å². The Kier molecular flexibility index (Phi) is 9.70. The minimum atomic E-state index is -0.471. The van der Waals surface area contributed by atoms with E-state index in [1.165, 1.54) is 0 Å². The lowest BCUT2D eigenvalue weighted by atomic mass is 9.90. The quantitative estimate of drug-likeness (QED) is 0.196. The Hall–Kier alpha value is -5.47. The summed E-state index contributed by atoms with van der Waals surface area (Å²) in [5.74, 6) is 22.7. The molecule has 0 radical (unpaired) electrons. The molecule has 7 fully saturated rings. The Morgan fingerprint density at radius 1 is 0.797 bits per heavy atom. The van der Waals surface area contributed by atoms with E-state index in [2.05, 4.69) is 55.4 Å². The highest BCUT2D eigenvalue weighted by atomic mass is 35.5. The second-order valence-electron chi connectivity index (χ2n) is 20.7. The topological polar surface area (TPSA) is 99.6 Å². The largest absolute Gasteiger partial charge is 0.341 e. The number of nitrogens with zero attached hydrogens (tertiary/aromatic N) is 6. The molecule has 3 aliphatic heterocycles. The first kappa shape index (κ1) is 41.2. The van der Waals surface area contributed by atoms with Crippen molar-refractivity contribution >= 4 is 40.7 Å². The van der Waals surface area contributed by atoms with Gasteiger partial charge in [-0.3, -0.25) is 14.4 Å². The number of pyridine rings is 2. The van der Waals surface area contributed by atoms with E-state index in [0.717, 1.165) is 54.2 Å². The smallest absolute Gasteiger partial charge is 0.253 e. The highest BCUT2D eigenvalue weighted by Gasteiger charge is 2.73. The fourth-order valence-corrected chi connectivity index (χ4v) is 13.2. The van der Waals surface area contributed by atoms with Crippen LogP contribution in [0.25, 0.3) is 0 Å². The van der Waals surface area contributed by atoms with Crippen LogP contribution in [0.5, 0.6) is 0 Å². The van der Waals surface area contributed by atoms with Gasteiger partial charge >= 0.3 is 0 Å². The molecule has 11 heteroatoms. The van der Waals surface area contributed by atoms with Crippen LogP contribution in [0.4, 0.5) is 0 Å². The molecule has 3 saturated heterocycles. The van der Waals surface area contributed by atoms with Gasteiger partial charge in [-0.2, -0.15) is 0 Å². The molecular weight excluding hydrogens is 836 g/mol. The first-order valence-corrected chi connectivity index (χ1v) is 24.0. The molecule has 4 saturated carbocycles. The van der Waals surface area contributed by atoms with Crippen LogP contribution in [0, 0.1) is 99.6 Å². The number of hydrogen-bond donors (Lipinski definition) is 0. The third kappa shape index (κ3) is 7.11. The highest BCUT2D eigenvalue weighted by molar-refractivity contribution is 7.09. The molecular formula is C53H51ClN6O3S. The van der Waals surface area contributed by atoms with E-state index in [9.17, 15) is 14.4 Å². The summed E-state index contributed by atoms with van der Waals surface area (Å²) in [5, 5.41) is 3.52. The average molecular weight is 888 g/mol. The maximum absolute atomic E-state index is 14.6. The van der Waals surface area contributed by atoms with Crippen LogP contribution < -0.4 is 0 Å². The Morgan fingerprint density at radius 3 is 2.19 bits per heavy atom. The van der Waals surface area contributed by atoms with Crippen LogP contribution >= 0.6 is 22.9 Å². The first-order chi connectivity index (χ1) is 30.7. The predicted molar refractivity (Wildman–Crippen MR) is 245 cm³/mol. The van der Waals surface area contributed by atoms with Crippen molar-refractivity contribution in [2.24, 2.45) is 57.2 Å². The molecule has 0 N–H and O–H groups in total. The second-order valence-corrected chi connectivity index (χ2v) is 22.2. The maximum Gasteiger partial charge on any atom is 0.253 e. The monoisotopic (exact) mass is 886 g/mol. The molecule has 6 heterocycles. The van der Waals surface area contributed by atoms with Crippen LogP contribution in [0.15, 0.2) is 72.4 Å². The van der Waals surface area contributed by atoms with Gasteiger partial charge in [-0.25, -0.2) is 15.0 Å². The van der Waals surface area contributed by atoms with Crippen LogP contribution in [0.1, 0.15) is 90.4 Å². The summed E-state index contributed by atoms with van der Waals surface area (Å²) in [6.07, 6.45) is 7.20. The standard InChI is InChI=1S/C53H51ClN6O3S/c1-33-57-42(29-64-33)13-16-51-25-38(51)26-58(30-51)48(62)37-22-36(23-39(54)24-37)46-43-27-59(31-52(43,46)17-14-40-9-5-7-19-55-40)47(61)35-12-11-34(21-35)45-44-28-60(49(63)50(2,3)4)32-53(44,45)18-15-41-10-6-8-20-56-41/h5-10,19-20,22-24,29,34-35,38,43-46H,11-12,21,25-28,30-32H2,1-4H3. The highest BCUT2D eigenvalue weighted by Crippen LogP contribution is 2.70. The number of amides is 3. The molecule has 3 aromatic heterocycles. The van der Waals surface area contributed by atoms with Crippen LogP contribution in [0.2, 0.25) is 5.02 Å². The molecule has 7 aliphatic rings. The molecule has 4 aromatic rings. The normalized spacial score (nSPS) is 32.5. The van der Waals surface area contributed by atoms with E-state index in [1.807, 2.05) is 91.4 Å². The summed E-state index contributed by atoms with van der Waals surface area (Å²) in [6, 6.07) is 17.3. The first-order valence-electron chi connectivity index (χ1n) is 22.8. The van der Waals surface area contributed by atoms with Gasteiger partial charge in [-0.15, -0.1) is 11.3 Å². The van der Waals surface area contributed by atoms with Crippen LogP contribution in [-0.2, 0) is 9.59 Å². The van der Waals surface area contributed by atoms with Crippen molar-refractivity contribution in [2.75, 3.05) is 39.3 Å². The number of hydrogen-bond acceptors (Lipinski definition) is 7. The molecule has 0 spiro atoms. The maximum atomic E-state index is 14.6. The lowest BCUT2D eigenvalue weighted by molar-refractivity contribution is -0.139. The SMILES string of the molecule is Cc1nc(C#CC23CC2CN(C(=O)c2cc(Cl)cc(C4C5CN(C(=O)C6CCC(C7C8CN(C(=O)C(C)(C)C)CC87C#Cc7ccccn7)C6)CC54C#Cc4ccccn4)c2)C3)cs1. The molecule has 10 unspecified atom stereocenters. The lowest BCUT2D eigenvalue weighted by Crippen LogP contribution is -2.41. The van der Waals surface area contributed by atoms with Gasteiger partial charge in [0.2, 0.25) is 11.8 Å². The van der Waals surface area contributed by atoms with Crippen LogP contribution in [0.3, 0.4) is 0 Å². The average Bonchev–Trinajstić information content (AvgIpc) is 3.83. The van der Waals surface area contributed by atoms with Gasteiger partial charge in [0.15, 0.2) is 0 Å². The summed E-state index contributed by atoms with van der Waals surface area (Å²) in [5.41, 5.74) is 2.47. The third-order valence-electron chi connectivity index (χ3n) is 15.6. The number of halogens is 1. The minimum Gasteiger partial charge on any atom is -0.341 e. The number of likely N-dealkylation sites (tertiary alicyclic amines) is 3. The Balaban J connectivity index is 0.798. The summed E-state index contributed by atoms with van der Waals surface area (Å²) < 4.78 is 0. The van der Waals surface area contributed by atoms with E-state index in [1.54, 1.807) is 29.8 Å². The molecule has 11 rings (SSSR count). The van der Waals surface area contributed by atoms with Gasteiger partial charge in [0.25, 0.3) is 5.91 Å². The van der Waals surface area contributed by atoms with Crippen molar-refractivity contribution in [3.63, 3.8) is 0 Å². The van der Waals surface area contributed by atoms with Gasteiger partial charge in [0.1, 0.15) is 17.1 Å². The van der Waals surface area contributed by atoms with E-state index >= 15 is 0 Å². The summed E-state index contributed by atoms with van der Waals surface area (Å²) in [7, 11) is 0. The number of aromatic nitrogens is 3. The van der Waals surface area contributed by atoms with Gasteiger partial charge in [0, 0.05) is 90.8 Å². The van der Waals surface area contributed by atoms with Crippen molar-refractivity contribution < 1.29 is 14.4 Å². The summed E-state index contributed by atoms with van der Waals surface area (Å²) in [4.78, 5) is 61.6. The molecule has 1 aromatic carbocycles. The number of carbonyl (C=O) groups is 3. The van der Waals surface area contributed by atoms with Gasteiger partial charge in [-0.1, -0.05) is 62.3 Å². The number of fused-ring (bicyclic) bond motifs is 3. The van der Waals surface area contributed by atoms with Crippen molar-refractivity contribution in [3.8, 4) is 35.5 Å².